The molecule has 3 rings (SSSR count). The highest BCUT2D eigenvalue weighted by atomic mass is 16.6. The zero-order valence-electron chi connectivity index (χ0n) is 8.59. The summed E-state index contributed by atoms with van der Waals surface area (Å²) in [6, 6.07) is 7.86. The third-order valence-electron chi connectivity index (χ3n) is 1.91. The first-order valence-corrected chi connectivity index (χ1v) is 4.87. The smallest absolute Gasteiger partial charge is 0.162 e. The summed E-state index contributed by atoms with van der Waals surface area (Å²) in [6.07, 6.45) is 10.7. The van der Waals surface area contributed by atoms with E-state index in [4.69, 9.17) is 4.84 Å². The molecule has 0 saturated heterocycles. The fourth-order valence-corrected chi connectivity index (χ4v) is 1.19. The van der Waals surface area contributed by atoms with Crippen molar-refractivity contribution in [3.05, 3.63) is 60.6 Å². The molecular formula is C12H12N2O2. The lowest BCUT2D eigenvalue weighted by atomic mass is 10.2. The SMILES string of the molecule is C1=CNOC=C1.C1=Cc2ccccc2ON1. The second-order valence-corrected chi connectivity index (χ2v) is 3.01. The summed E-state index contributed by atoms with van der Waals surface area (Å²) in [4.78, 5) is 9.64. The molecule has 4 nitrogen and oxygen atoms in total. The fraction of sp³-hybridized carbons (Fsp3) is 0. The van der Waals surface area contributed by atoms with Crippen molar-refractivity contribution in [1.82, 2.24) is 11.0 Å². The Balaban J connectivity index is 0.000000138. The molecule has 16 heavy (non-hydrogen) atoms. The molecule has 0 unspecified atom stereocenters. The molecule has 0 saturated carbocycles. The van der Waals surface area contributed by atoms with Gasteiger partial charge in [-0.25, -0.2) is 11.0 Å². The van der Waals surface area contributed by atoms with Crippen molar-refractivity contribution in [2.75, 3.05) is 0 Å². The number of allylic oxidation sites excluding steroid dienone is 2. The predicted octanol–water partition coefficient (Wildman–Crippen LogP) is 2.10. The van der Waals surface area contributed by atoms with Crippen LogP contribution in [-0.2, 0) is 4.84 Å². The van der Waals surface area contributed by atoms with E-state index < -0.39 is 0 Å². The lowest BCUT2D eigenvalue weighted by Crippen LogP contribution is -2.13. The largest absolute Gasteiger partial charge is 0.391 e. The van der Waals surface area contributed by atoms with Gasteiger partial charge in [0.05, 0.1) is 0 Å². The zero-order chi connectivity index (χ0) is 11.1. The van der Waals surface area contributed by atoms with Crippen LogP contribution in [0, 0.1) is 0 Å². The van der Waals surface area contributed by atoms with E-state index in [2.05, 4.69) is 15.8 Å². The first-order chi connectivity index (χ1) is 7.97. The van der Waals surface area contributed by atoms with Gasteiger partial charge < -0.3 is 9.68 Å². The van der Waals surface area contributed by atoms with Crippen molar-refractivity contribution in [2.45, 2.75) is 0 Å². The second kappa shape index (κ2) is 5.50. The summed E-state index contributed by atoms with van der Waals surface area (Å²) >= 11 is 0. The molecule has 2 aliphatic rings. The van der Waals surface area contributed by atoms with Crippen molar-refractivity contribution in [1.29, 1.82) is 0 Å². The third kappa shape index (κ3) is 2.81. The Bertz CT molecular complexity index is 413. The molecule has 0 amide bonds. The van der Waals surface area contributed by atoms with Crippen LogP contribution in [0.3, 0.4) is 0 Å². The molecule has 0 aliphatic carbocycles. The van der Waals surface area contributed by atoms with Crippen LogP contribution >= 0.6 is 0 Å². The van der Waals surface area contributed by atoms with E-state index in [1.165, 1.54) is 0 Å². The van der Waals surface area contributed by atoms with Crippen LogP contribution < -0.4 is 15.8 Å². The summed E-state index contributed by atoms with van der Waals surface area (Å²) in [5.41, 5.74) is 6.29. The predicted molar refractivity (Wildman–Crippen MR) is 61.7 cm³/mol. The fourth-order valence-electron chi connectivity index (χ4n) is 1.19. The van der Waals surface area contributed by atoms with Gasteiger partial charge in [-0.3, -0.25) is 0 Å². The minimum absolute atomic E-state index is 0.880. The van der Waals surface area contributed by atoms with Crippen molar-refractivity contribution in [2.24, 2.45) is 0 Å². The summed E-state index contributed by atoms with van der Waals surface area (Å²) in [5.74, 6) is 0.880. The monoisotopic (exact) mass is 216 g/mol. The molecule has 82 valence electrons. The van der Waals surface area contributed by atoms with E-state index in [1.807, 2.05) is 36.4 Å². The van der Waals surface area contributed by atoms with E-state index in [1.54, 1.807) is 24.7 Å². The maximum absolute atomic E-state index is 5.09. The van der Waals surface area contributed by atoms with Crippen LogP contribution in [-0.4, -0.2) is 0 Å². The van der Waals surface area contributed by atoms with Gasteiger partial charge in [0, 0.05) is 18.0 Å². The van der Waals surface area contributed by atoms with E-state index >= 15 is 0 Å². The van der Waals surface area contributed by atoms with Gasteiger partial charge in [-0.15, -0.1) is 0 Å². The van der Waals surface area contributed by atoms with E-state index in [9.17, 15) is 0 Å². The number of hydroxylamine groups is 2. The molecule has 0 radical (unpaired) electrons. The lowest BCUT2D eigenvalue weighted by Gasteiger charge is -2.11. The van der Waals surface area contributed by atoms with Crippen LogP contribution in [0.25, 0.3) is 6.08 Å². The standard InChI is InChI=1S/C8H7NO.C4H5NO/c1-2-4-8-7(3-1)5-6-9-10-8;1-2-4-6-5-3-1/h1-6,9H;1-5H. The quantitative estimate of drug-likeness (QED) is 0.697. The summed E-state index contributed by atoms with van der Waals surface area (Å²) < 4.78 is 0. The number of para-hydroxylation sites is 1. The number of hydrogen-bond donors (Lipinski definition) is 2. The Morgan fingerprint density at radius 3 is 2.50 bits per heavy atom. The molecule has 0 aromatic heterocycles. The molecule has 2 heterocycles. The maximum atomic E-state index is 5.09. The summed E-state index contributed by atoms with van der Waals surface area (Å²) in [6.45, 7) is 0. The Kier molecular flexibility index (Phi) is 3.50. The van der Waals surface area contributed by atoms with Gasteiger partial charge in [0.2, 0.25) is 0 Å². The van der Waals surface area contributed by atoms with Crippen molar-refractivity contribution in [3.8, 4) is 5.75 Å². The molecule has 0 atom stereocenters. The highest BCUT2D eigenvalue weighted by molar-refractivity contribution is 5.57. The van der Waals surface area contributed by atoms with E-state index in [-0.39, 0.29) is 0 Å². The van der Waals surface area contributed by atoms with Crippen LogP contribution in [0.4, 0.5) is 0 Å². The zero-order valence-corrected chi connectivity index (χ0v) is 8.59. The first kappa shape index (κ1) is 10.2. The Hall–Kier alpha value is -2.36. The van der Waals surface area contributed by atoms with Gasteiger partial charge >= 0.3 is 0 Å². The lowest BCUT2D eigenvalue weighted by molar-refractivity contribution is 0.172. The normalized spacial score (nSPS) is 14.2. The van der Waals surface area contributed by atoms with Crippen molar-refractivity contribution in [3.63, 3.8) is 0 Å². The van der Waals surface area contributed by atoms with Crippen molar-refractivity contribution >= 4 is 6.08 Å². The molecule has 0 spiro atoms. The van der Waals surface area contributed by atoms with Crippen LogP contribution in [0.15, 0.2) is 55.1 Å². The molecule has 4 heteroatoms. The Morgan fingerprint density at radius 1 is 0.938 bits per heavy atom. The number of benzene rings is 1. The Morgan fingerprint density at radius 2 is 1.88 bits per heavy atom. The minimum atomic E-state index is 0.880. The number of nitrogens with one attached hydrogen (secondary N) is 2. The van der Waals surface area contributed by atoms with Crippen LogP contribution in [0.2, 0.25) is 0 Å². The molecule has 2 N–H and O–H groups in total. The van der Waals surface area contributed by atoms with Gasteiger partial charge in [0.1, 0.15) is 6.26 Å². The topological polar surface area (TPSA) is 42.5 Å². The second-order valence-electron chi connectivity index (χ2n) is 3.01. The summed E-state index contributed by atoms with van der Waals surface area (Å²) in [7, 11) is 0. The summed E-state index contributed by atoms with van der Waals surface area (Å²) in [5, 5.41) is 0. The highest BCUT2D eigenvalue weighted by Gasteiger charge is 2.01. The first-order valence-electron chi connectivity index (χ1n) is 4.87. The van der Waals surface area contributed by atoms with Crippen LogP contribution in [0.1, 0.15) is 5.56 Å². The van der Waals surface area contributed by atoms with Gasteiger partial charge in [-0.1, -0.05) is 18.2 Å². The molecule has 1 aromatic rings. The van der Waals surface area contributed by atoms with Crippen LogP contribution in [0.5, 0.6) is 5.75 Å². The van der Waals surface area contributed by atoms with Gasteiger partial charge in [0.15, 0.2) is 5.75 Å². The average Bonchev–Trinajstić information content (AvgIpc) is 2.42. The number of fused-ring (bicyclic) bond motifs is 1. The van der Waals surface area contributed by atoms with E-state index in [0.717, 1.165) is 11.3 Å². The number of rotatable bonds is 0. The molecule has 1 aromatic carbocycles. The third-order valence-corrected chi connectivity index (χ3v) is 1.91. The molecule has 2 aliphatic heterocycles. The van der Waals surface area contributed by atoms with Crippen molar-refractivity contribution < 1.29 is 9.68 Å². The van der Waals surface area contributed by atoms with E-state index in [0.29, 0.717) is 0 Å². The molecule has 0 fully saturated rings. The molecule has 0 bridgehead atoms. The average molecular weight is 216 g/mol. The Labute approximate surface area is 93.8 Å². The minimum Gasteiger partial charge on any atom is -0.391 e. The molecular weight excluding hydrogens is 204 g/mol. The van der Waals surface area contributed by atoms with Gasteiger partial charge in [-0.05, 0) is 24.3 Å². The maximum Gasteiger partial charge on any atom is 0.162 e. The van der Waals surface area contributed by atoms with Gasteiger partial charge in [0.25, 0.3) is 0 Å². The highest BCUT2D eigenvalue weighted by Crippen LogP contribution is 2.20. The van der Waals surface area contributed by atoms with Gasteiger partial charge in [-0.2, -0.15) is 0 Å². The number of hydrogen-bond acceptors (Lipinski definition) is 4.